The maximum absolute atomic E-state index is 11.7. The average Bonchev–Trinajstić information content (AvgIpc) is 2.00. The third kappa shape index (κ3) is 11.6. The summed E-state index contributed by atoms with van der Waals surface area (Å²) in [5, 5.41) is 9.27. The van der Waals surface area contributed by atoms with Crippen molar-refractivity contribution in [3.05, 3.63) is 0 Å². The Morgan fingerprint density at radius 1 is 1.20 bits per heavy atom. The molecule has 0 saturated heterocycles. The molecule has 0 aliphatic heterocycles. The predicted molar refractivity (Wildman–Crippen MR) is 51.6 cm³/mol. The molecule has 0 fully saturated rings. The van der Waals surface area contributed by atoms with Gasteiger partial charge in [0.1, 0.15) is 6.61 Å². The molecule has 1 atom stereocenters. The van der Waals surface area contributed by atoms with E-state index < -0.39 is 18.9 Å². The number of alkyl halides is 3. The van der Waals surface area contributed by atoms with Crippen LogP contribution >= 0.6 is 0 Å². The maximum Gasteiger partial charge on any atom is 0.411 e. The molecule has 0 aromatic rings. The van der Waals surface area contributed by atoms with Crippen LogP contribution < -0.4 is 0 Å². The van der Waals surface area contributed by atoms with Crippen molar-refractivity contribution in [2.75, 3.05) is 13.2 Å². The van der Waals surface area contributed by atoms with Gasteiger partial charge in [0.05, 0.1) is 12.7 Å². The summed E-state index contributed by atoms with van der Waals surface area (Å²) in [6, 6.07) is 0. The van der Waals surface area contributed by atoms with Crippen LogP contribution in [0.25, 0.3) is 0 Å². The summed E-state index contributed by atoms with van der Waals surface area (Å²) >= 11 is 0. The van der Waals surface area contributed by atoms with Crippen LogP contribution in [0, 0.1) is 5.92 Å². The zero-order valence-corrected chi connectivity index (χ0v) is 9.18. The van der Waals surface area contributed by atoms with E-state index in [2.05, 4.69) is 18.6 Å². The minimum absolute atomic E-state index is 0.238. The van der Waals surface area contributed by atoms with Gasteiger partial charge in [-0.15, -0.1) is 0 Å². The molecule has 0 amide bonds. The van der Waals surface area contributed by atoms with E-state index in [9.17, 15) is 18.3 Å². The summed E-state index contributed by atoms with van der Waals surface area (Å²) in [7, 11) is 0. The smallest absolute Gasteiger partial charge is 0.391 e. The van der Waals surface area contributed by atoms with Crippen LogP contribution in [0.1, 0.15) is 33.1 Å². The van der Waals surface area contributed by atoms with Crippen LogP contribution in [-0.4, -0.2) is 30.6 Å². The molecular formula is C10H19F3O2. The monoisotopic (exact) mass is 228 g/mol. The van der Waals surface area contributed by atoms with Crippen molar-refractivity contribution in [1.29, 1.82) is 0 Å². The van der Waals surface area contributed by atoms with Gasteiger partial charge in [-0.25, -0.2) is 0 Å². The van der Waals surface area contributed by atoms with E-state index in [4.69, 9.17) is 0 Å². The fraction of sp³-hybridized carbons (Fsp3) is 1.00. The van der Waals surface area contributed by atoms with E-state index in [0.29, 0.717) is 12.3 Å². The number of aliphatic hydroxyl groups excluding tert-OH is 1. The molecule has 0 aromatic carbocycles. The second-order valence-corrected chi connectivity index (χ2v) is 4.11. The third-order valence-corrected chi connectivity index (χ3v) is 1.89. The molecule has 0 radical (unpaired) electrons. The van der Waals surface area contributed by atoms with Gasteiger partial charge in [-0.05, 0) is 12.3 Å². The highest BCUT2D eigenvalue weighted by Gasteiger charge is 2.27. The summed E-state index contributed by atoms with van der Waals surface area (Å²) in [6.07, 6.45) is -2.82. The first-order chi connectivity index (χ1) is 6.81. The van der Waals surface area contributed by atoms with Crippen LogP contribution in [0.4, 0.5) is 13.2 Å². The fourth-order valence-electron chi connectivity index (χ4n) is 1.16. The quantitative estimate of drug-likeness (QED) is 0.726. The van der Waals surface area contributed by atoms with Gasteiger partial charge >= 0.3 is 6.18 Å². The predicted octanol–water partition coefficient (Wildman–Crippen LogP) is 2.75. The molecule has 0 spiro atoms. The van der Waals surface area contributed by atoms with Gasteiger partial charge in [-0.2, -0.15) is 13.2 Å². The number of hydrogen-bond donors (Lipinski definition) is 1. The SMILES string of the molecule is CC(C)CCCC(O)COCC(F)(F)F. The van der Waals surface area contributed by atoms with Gasteiger partial charge in [-0.3, -0.25) is 0 Å². The van der Waals surface area contributed by atoms with E-state index in [1.165, 1.54) is 0 Å². The summed E-state index contributed by atoms with van der Waals surface area (Å²) in [6.45, 7) is 2.60. The highest BCUT2D eigenvalue weighted by Crippen LogP contribution is 2.15. The van der Waals surface area contributed by atoms with Gasteiger partial charge < -0.3 is 9.84 Å². The molecule has 0 bridgehead atoms. The summed E-state index contributed by atoms with van der Waals surface area (Å²) in [4.78, 5) is 0. The molecule has 0 saturated carbocycles. The van der Waals surface area contributed by atoms with Crippen LogP contribution in [0.5, 0.6) is 0 Å². The van der Waals surface area contributed by atoms with Crippen molar-refractivity contribution in [1.82, 2.24) is 0 Å². The summed E-state index contributed by atoms with van der Waals surface area (Å²) < 4.78 is 39.3. The Morgan fingerprint density at radius 2 is 1.80 bits per heavy atom. The van der Waals surface area contributed by atoms with Crippen molar-refractivity contribution < 1.29 is 23.0 Å². The van der Waals surface area contributed by atoms with E-state index in [1.807, 2.05) is 0 Å². The van der Waals surface area contributed by atoms with E-state index in [-0.39, 0.29) is 6.61 Å². The Hall–Kier alpha value is -0.290. The molecular weight excluding hydrogens is 209 g/mol. The molecule has 0 heterocycles. The van der Waals surface area contributed by atoms with Crippen molar-refractivity contribution in [3.8, 4) is 0 Å². The summed E-state index contributed by atoms with van der Waals surface area (Å²) in [5.41, 5.74) is 0. The topological polar surface area (TPSA) is 29.5 Å². The van der Waals surface area contributed by atoms with Crippen LogP contribution in [0.15, 0.2) is 0 Å². The van der Waals surface area contributed by atoms with Gasteiger partial charge in [-0.1, -0.05) is 26.7 Å². The molecule has 92 valence electrons. The first-order valence-corrected chi connectivity index (χ1v) is 5.14. The van der Waals surface area contributed by atoms with Crippen LogP contribution in [0.3, 0.4) is 0 Å². The Kier molecular flexibility index (Phi) is 6.92. The highest BCUT2D eigenvalue weighted by atomic mass is 19.4. The number of ether oxygens (including phenoxy) is 1. The molecule has 2 nitrogen and oxygen atoms in total. The molecule has 0 aliphatic rings. The van der Waals surface area contributed by atoms with E-state index in [1.54, 1.807) is 0 Å². The lowest BCUT2D eigenvalue weighted by molar-refractivity contribution is -0.179. The lowest BCUT2D eigenvalue weighted by Crippen LogP contribution is -2.22. The number of hydrogen-bond acceptors (Lipinski definition) is 2. The first kappa shape index (κ1) is 14.7. The van der Waals surface area contributed by atoms with Crippen LogP contribution in [-0.2, 0) is 4.74 Å². The summed E-state index contributed by atoms with van der Waals surface area (Å²) in [5.74, 6) is 0.549. The Bertz CT molecular complexity index is 157. The zero-order valence-electron chi connectivity index (χ0n) is 9.18. The van der Waals surface area contributed by atoms with Crippen molar-refractivity contribution in [2.24, 2.45) is 5.92 Å². The van der Waals surface area contributed by atoms with Crippen LogP contribution in [0.2, 0.25) is 0 Å². The zero-order chi connectivity index (χ0) is 11.9. The molecule has 0 aliphatic carbocycles. The van der Waals surface area contributed by atoms with Crippen molar-refractivity contribution in [3.63, 3.8) is 0 Å². The highest BCUT2D eigenvalue weighted by molar-refractivity contribution is 4.57. The Balaban J connectivity index is 3.37. The largest absolute Gasteiger partial charge is 0.411 e. The molecule has 1 N–H and O–H groups in total. The lowest BCUT2D eigenvalue weighted by atomic mass is 10.0. The van der Waals surface area contributed by atoms with Crippen molar-refractivity contribution in [2.45, 2.75) is 45.4 Å². The minimum Gasteiger partial charge on any atom is -0.391 e. The number of halogens is 3. The van der Waals surface area contributed by atoms with Gasteiger partial charge in [0, 0.05) is 0 Å². The van der Waals surface area contributed by atoms with Gasteiger partial charge in [0.25, 0.3) is 0 Å². The van der Waals surface area contributed by atoms with Gasteiger partial charge in [0.2, 0.25) is 0 Å². The Labute approximate surface area is 88.4 Å². The second-order valence-electron chi connectivity index (χ2n) is 4.11. The van der Waals surface area contributed by atoms with Crippen molar-refractivity contribution >= 4 is 0 Å². The number of rotatable bonds is 7. The second kappa shape index (κ2) is 7.06. The maximum atomic E-state index is 11.7. The van der Waals surface area contributed by atoms with Gasteiger partial charge in [0.15, 0.2) is 0 Å². The number of aliphatic hydroxyl groups is 1. The van der Waals surface area contributed by atoms with E-state index >= 15 is 0 Å². The molecule has 15 heavy (non-hydrogen) atoms. The first-order valence-electron chi connectivity index (χ1n) is 5.14. The fourth-order valence-corrected chi connectivity index (χ4v) is 1.16. The van der Waals surface area contributed by atoms with E-state index in [0.717, 1.165) is 12.8 Å². The average molecular weight is 228 g/mol. The molecule has 1 unspecified atom stereocenters. The minimum atomic E-state index is -4.31. The Morgan fingerprint density at radius 3 is 2.27 bits per heavy atom. The standard InChI is InChI=1S/C10H19F3O2/c1-8(2)4-3-5-9(14)6-15-7-10(11,12)13/h8-9,14H,3-7H2,1-2H3. The molecule has 0 aromatic heterocycles. The third-order valence-electron chi connectivity index (χ3n) is 1.89. The molecule has 0 rings (SSSR count). The molecule has 5 heteroatoms. The normalized spacial score (nSPS) is 14.6. The lowest BCUT2D eigenvalue weighted by Gasteiger charge is -2.13.